The Morgan fingerprint density at radius 1 is 1.41 bits per heavy atom. The van der Waals surface area contributed by atoms with Crippen LogP contribution in [0.4, 0.5) is 0 Å². The molecule has 2 fully saturated rings. The predicted octanol–water partition coefficient (Wildman–Crippen LogP) is 0.491. The van der Waals surface area contributed by atoms with Crippen molar-refractivity contribution in [2.75, 3.05) is 26.4 Å². The van der Waals surface area contributed by atoms with Gasteiger partial charge in [-0.15, -0.1) is 0 Å². The molecule has 4 heteroatoms. The highest BCUT2D eigenvalue weighted by Gasteiger charge is 2.39. The number of ether oxygens (including phenoxy) is 1. The molecule has 17 heavy (non-hydrogen) atoms. The van der Waals surface area contributed by atoms with Crippen LogP contribution in [-0.2, 0) is 4.74 Å². The molecule has 4 atom stereocenters. The van der Waals surface area contributed by atoms with Gasteiger partial charge in [0.2, 0.25) is 0 Å². The lowest BCUT2D eigenvalue weighted by atomic mass is 9.83. The first-order chi connectivity index (χ1) is 8.19. The van der Waals surface area contributed by atoms with Gasteiger partial charge in [0.25, 0.3) is 0 Å². The first kappa shape index (κ1) is 13.3. The normalized spacial score (nSPS) is 37.2. The second-order valence-electron chi connectivity index (χ2n) is 5.81. The van der Waals surface area contributed by atoms with Crippen LogP contribution in [0.25, 0.3) is 0 Å². The third-order valence-corrected chi connectivity index (χ3v) is 4.66. The lowest BCUT2D eigenvalue weighted by Gasteiger charge is -2.39. The molecule has 100 valence electrons. The van der Waals surface area contributed by atoms with E-state index in [4.69, 9.17) is 10.5 Å². The Hall–Kier alpha value is -0.160. The molecule has 0 spiro atoms. The second-order valence-corrected chi connectivity index (χ2v) is 5.81. The van der Waals surface area contributed by atoms with Crippen LogP contribution in [-0.4, -0.2) is 43.1 Å². The number of aliphatic hydroxyl groups is 1. The number of hydrogen-bond donors (Lipinski definition) is 3. The Kier molecular flexibility index (Phi) is 4.42. The van der Waals surface area contributed by atoms with E-state index < -0.39 is 0 Å². The van der Waals surface area contributed by atoms with Crippen molar-refractivity contribution in [2.24, 2.45) is 17.6 Å². The van der Waals surface area contributed by atoms with Crippen LogP contribution in [0.5, 0.6) is 0 Å². The molecular formula is C13H26N2O2. The molecule has 1 saturated carbocycles. The smallest absolute Gasteiger partial charge is 0.0513 e. The van der Waals surface area contributed by atoms with Crippen molar-refractivity contribution in [1.29, 1.82) is 0 Å². The highest BCUT2D eigenvalue weighted by Crippen LogP contribution is 2.31. The van der Waals surface area contributed by atoms with Gasteiger partial charge in [-0.3, -0.25) is 0 Å². The van der Waals surface area contributed by atoms with E-state index in [2.05, 4.69) is 12.2 Å². The molecule has 1 heterocycles. The van der Waals surface area contributed by atoms with Crippen LogP contribution in [0.3, 0.4) is 0 Å². The van der Waals surface area contributed by atoms with Gasteiger partial charge < -0.3 is 20.9 Å². The summed E-state index contributed by atoms with van der Waals surface area (Å²) in [5, 5.41) is 13.1. The monoisotopic (exact) mass is 242 g/mol. The van der Waals surface area contributed by atoms with Gasteiger partial charge in [-0.25, -0.2) is 0 Å². The number of nitrogens with two attached hydrogens (primary N) is 1. The lowest BCUT2D eigenvalue weighted by Crippen LogP contribution is -2.59. The van der Waals surface area contributed by atoms with Crippen molar-refractivity contribution in [3.05, 3.63) is 0 Å². The third-order valence-electron chi connectivity index (χ3n) is 4.66. The van der Waals surface area contributed by atoms with Crippen LogP contribution in [0.2, 0.25) is 0 Å². The molecule has 1 saturated heterocycles. The summed E-state index contributed by atoms with van der Waals surface area (Å²) < 4.78 is 5.48. The Morgan fingerprint density at radius 3 is 2.82 bits per heavy atom. The maximum absolute atomic E-state index is 9.38. The van der Waals surface area contributed by atoms with E-state index in [1.54, 1.807) is 0 Å². The minimum absolute atomic E-state index is 0.0427. The van der Waals surface area contributed by atoms with Gasteiger partial charge in [-0.2, -0.15) is 0 Å². The summed E-state index contributed by atoms with van der Waals surface area (Å²) in [4.78, 5) is 0. The molecule has 1 aliphatic carbocycles. The summed E-state index contributed by atoms with van der Waals surface area (Å²) >= 11 is 0. The van der Waals surface area contributed by atoms with E-state index in [1.807, 2.05) is 0 Å². The van der Waals surface area contributed by atoms with Crippen molar-refractivity contribution >= 4 is 0 Å². The van der Waals surface area contributed by atoms with Gasteiger partial charge in [-0.1, -0.05) is 6.42 Å². The largest absolute Gasteiger partial charge is 0.396 e. The van der Waals surface area contributed by atoms with Gasteiger partial charge >= 0.3 is 0 Å². The maximum atomic E-state index is 9.38. The SMILES string of the molecule is CC(CN)(NC1CCCC1CO)C1CCOC1. The second kappa shape index (κ2) is 5.65. The summed E-state index contributed by atoms with van der Waals surface area (Å²) in [6.07, 6.45) is 4.60. The predicted molar refractivity (Wildman–Crippen MR) is 67.7 cm³/mol. The summed E-state index contributed by atoms with van der Waals surface area (Å²) in [5.74, 6) is 0.913. The molecular weight excluding hydrogens is 216 g/mol. The number of nitrogens with one attached hydrogen (secondary N) is 1. The topological polar surface area (TPSA) is 67.5 Å². The van der Waals surface area contributed by atoms with Crippen LogP contribution < -0.4 is 11.1 Å². The highest BCUT2D eigenvalue weighted by molar-refractivity contribution is 4.97. The summed E-state index contributed by atoms with van der Waals surface area (Å²) in [6, 6.07) is 0.425. The Balaban J connectivity index is 1.97. The van der Waals surface area contributed by atoms with E-state index in [9.17, 15) is 5.11 Å². The van der Waals surface area contributed by atoms with Gasteiger partial charge in [0.15, 0.2) is 0 Å². The van der Waals surface area contributed by atoms with Crippen molar-refractivity contribution < 1.29 is 9.84 Å². The van der Waals surface area contributed by atoms with Crippen molar-refractivity contribution in [1.82, 2.24) is 5.32 Å². The Morgan fingerprint density at radius 2 is 2.24 bits per heavy atom. The van der Waals surface area contributed by atoms with E-state index in [-0.39, 0.29) is 5.54 Å². The van der Waals surface area contributed by atoms with E-state index in [0.29, 0.717) is 31.0 Å². The van der Waals surface area contributed by atoms with Crippen LogP contribution in [0, 0.1) is 11.8 Å². The molecule has 4 N–H and O–H groups in total. The zero-order valence-corrected chi connectivity index (χ0v) is 10.8. The molecule has 0 aromatic carbocycles. The molecule has 2 aliphatic rings. The average Bonchev–Trinajstić information content (AvgIpc) is 2.99. The highest BCUT2D eigenvalue weighted by atomic mass is 16.5. The quantitative estimate of drug-likeness (QED) is 0.656. The molecule has 0 radical (unpaired) electrons. The van der Waals surface area contributed by atoms with Gasteiger partial charge in [0.1, 0.15) is 0 Å². The van der Waals surface area contributed by atoms with Crippen LogP contribution >= 0.6 is 0 Å². The minimum Gasteiger partial charge on any atom is -0.396 e. The first-order valence-corrected chi connectivity index (χ1v) is 6.86. The fraction of sp³-hybridized carbons (Fsp3) is 1.00. The van der Waals surface area contributed by atoms with E-state index in [1.165, 1.54) is 6.42 Å². The molecule has 2 rings (SSSR count). The van der Waals surface area contributed by atoms with Crippen LogP contribution in [0.1, 0.15) is 32.6 Å². The molecule has 0 bridgehead atoms. The van der Waals surface area contributed by atoms with Gasteiger partial charge in [0, 0.05) is 37.3 Å². The zero-order valence-electron chi connectivity index (χ0n) is 10.8. The molecule has 0 aromatic rings. The molecule has 1 aliphatic heterocycles. The summed E-state index contributed by atoms with van der Waals surface area (Å²) in [6.45, 7) is 4.81. The van der Waals surface area contributed by atoms with Crippen LogP contribution in [0.15, 0.2) is 0 Å². The van der Waals surface area contributed by atoms with Crippen molar-refractivity contribution in [3.63, 3.8) is 0 Å². The minimum atomic E-state index is -0.0427. The third kappa shape index (κ3) is 2.81. The summed E-state index contributed by atoms with van der Waals surface area (Å²) in [7, 11) is 0. The molecule has 0 aromatic heterocycles. The number of hydrogen-bond acceptors (Lipinski definition) is 4. The lowest BCUT2D eigenvalue weighted by molar-refractivity contribution is 0.131. The average molecular weight is 242 g/mol. The number of rotatable bonds is 5. The first-order valence-electron chi connectivity index (χ1n) is 6.86. The summed E-state index contributed by atoms with van der Waals surface area (Å²) in [5.41, 5.74) is 5.93. The van der Waals surface area contributed by atoms with E-state index in [0.717, 1.165) is 32.5 Å². The van der Waals surface area contributed by atoms with E-state index >= 15 is 0 Å². The molecule has 4 nitrogen and oxygen atoms in total. The zero-order chi connectivity index (χ0) is 12.3. The fourth-order valence-corrected chi connectivity index (χ4v) is 3.25. The Bertz CT molecular complexity index is 244. The molecule has 4 unspecified atom stereocenters. The fourth-order valence-electron chi connectivity index (χ4n) is 3.25. The van der Waals surface area contributed by atoms with Crippen molar-refractivity contribution in [3.8, 4) is 0 Å². The maximum Gasteiger partial charge on any atom is 0.0513 e. The molecule has 0 amide bonds. The van der Waals surface area contributed by atoms with Gasteiger partial charge in [-0.05, 0) is 32.1 Å². The standard InChI is InChI=1S/C13H26N2O2/c1-13(9-14,11-5-6-17-8-11)15-12-4-2-3-10(12)7-16/h10-12,15-16H,2-9,14H2,1H3. The number of aliphatic hydroxyl groups excluding tert-OH is 1. The van der Waals surface area contributed by atoms with Crippen molar-refractivity contribution in [2.45, 2.75) is 44.2 Å². The Labute approximate surface area is 104 Å². The van der Waals surface area contributed by atoms with Gasteiger partial charge in [0.05, 0.1) is 6.61 Å².